The molecule has 0 saturated carbocycles. The molecule has 0 aliphatic carbocycles. The molecular formula is C38H75NO3S. The van der Waals surface area contributed by atoms with Crippen LogP contribution in [-0.2, 0) is 17.6 Å². The number of nitrogens with one attached hydrogen (secondary N) is 1. The number of ketones is 1. The van der Waals surface area contributed by atoms with Gasteiger partial charge in [0.2, 0.25) is 0 Å². The first kappa shape index (κ1) is 56.7. The Bertz CT molecular complexity index is 889. The summed E-state index contributed by atoms with van der Waals surface area (Å²) >= 11 is 3.79. The van der Waals surface area contributed by atoms with Crippen LogP contribution in [0.25, 0.3) is 10.9 Å². The van der Waals surface area contributed by atoms with Gasteiger partial charge in [-0.05, 0) is 82.7 Å². The van der Waals surface area contributed by atoms with E-state index in [9.17, 15) is 4.79 Å². The van der Waals surface area contributed by atoms with E-state index in [0.29, 0.717) is 0 Å². The third-order valence-electron chi connectivity index (χ3n) is 4.19. The van der Waals surface area contributed by atoms with E-state index in [4.69, 9.17) is 10.2 Å². The molecule has 0 fully saturated rings. The van der Waals surface area contributed by atoms with Crippen molar-refractivity contribution in [2.75, 3.05) is 12.4 Å². The number of hydrogen-bond donors (Lipinski definition) is 4. The van der Waals surface area contributed by atoms with Gasteiger partial charge in [0.1, 0.15) is 5.78 Å². The summed E-state index contributed by atoms with van der Waals surface area (Å²) in [6.45, 7) is 23.9. The molecule has 1 aromatic heterocycles. The lowest BCUT2D eigenvalue weighted by atomic mass is 10.1. The van der Waals surface area contributed by atoms with Crippen LogP contribution in [0.5, 0.6) is 0 Å². The number of benzene rings is 2. The van der Waals surface area contributed by atoms with Crippen molar-refractivity contribution >= 4 is 29.3 Å². The number of rotatable bonds is 4. The van der Waals surface area contributed by atoms with Crippen molar-refractivity contribution in [2.24, 2.45) is 5.92 Å². The molecule has 4 nitrogen and oxygen atoms in total. The maximum atomic E-state index is 10.0. The lowest BCUT2D eigenvalue weighted by molar-refractivity contribution is -0.117. The molecule has 0 atom stereocenters. The SMILES string of the molecule is C.C.C.CC(C)C.CC(C)O.CCCC(C)=O.CCO.CCS.CCc1c[nH]c2ccccc12.CCc1ccc(C)cc1. The van der Waals surface area contributed by atoms with E-state index in [1.54, 1.807) is 27.7 Å². The monoisotopic (exact) mass is 626 g/mol. The fourth-order valence-corrected chi connectivity index (χ4v) is 2.60. The van der Waals surface area contributed by atoms with Crippen LogP contribution in [0, 0.1) is 12.8 Å². The normalized spacial score (nSPS) is 8.40. The fraction of sp³-hybridized carbons (Fsp3) is 0.605. The third-order valence-corrected chi connectivity index (χ3v) is 4.19. The maximum Gasteiger partial charge on any atom is 0.129 e. The van der Waals surface area contributed by atoms with Gasteiger partial charge in [-0.3, -0.25) is 0 Å². The van der Waals surface area contributed by atoms with Crippen molar-refractivity contribution in [3.05, 3.63) is 71.4 Å². The highest BCUT2D eigenvalue weighted by atomic mass is 32.1. The largest absolute Gasteiger partial charge is 0.397 e. The molecular weight excluding hydrogens is 550 g/mol. The highest BCUT2D eigenvalue weighted by molar-refractivity contribution is 7.80. The average Bonchev–Trinajstić information content (AvgIpc) is 3.29. The van der Waals surface area contributed by atoms with Crippen molar-refractivity contribution in [2.45, 2.75) is 137 Å². The van der Waals surface area contributed by atoms with E-state index < -0.39 is 0 Å². The second kappa shape index (κ2) is 42.1. The van der Waals surface area contributed by atoms with E-state index in [1.807, 2.05) is 13.8 Å². The fourth-order valence-electron chi connectivity index (χ4n) is 2.60. The Morgan fingerprint density at radius 1 is 0.837 bits per heavy atom. The maximum absolute atomic E-state index is 10.0. The highest BCUT2D eigenvalue weighted by Gasteiger charge is 1.98. The Labute approximate surface area is 275 Å². The predicted octanol–water partition coefficient (Wildman–Crippen LogP) is 11.6. The predicted molar refractivity (Wildman–Crippen MR) is 204 cm³/mol. The number of hydrogen-bond acceptors (Lipinski definition) is 4. The smallest absolute Gasteiger partial charge is 0.129 e. The summed E-state index contributed by atoms with van der Waals surface area (Å²) in [6.07, 6.45) is 5.88. The van der Waals surface area contributed by atoms with Gasteiger partial charge in [0.05, 0.1) is 0 Å². The molecule has 0 unspecified atom stereocenters. The van der Waals surface area contributed by atoms with E-state index in [1.165, 1.54) is 27.6 Å². The van der Waals surface area contributed by atoms with Crippen LogP contribution in [0.3, 0.4) is 0 Å². The van der Waals surface area contributed by atoms with Gasteiger partial charge in [-0.1, -0.05) is 119 Å². The van der Waals surface area contributed by atoms with Crippen molar-refractivity contribution in [1.82, 2.24) is 4.98 Å². The molecule has 1 heterocycles. The standard InChI is InChI=1S/C10H11N.C9H12.C5H10O.C4H10.C3H8O.C2H6O.C2H6S.3CH4/c1-2-8-7-11-10-6-4-3-5-9(8)10;1-3-9-6-4-8(2)5-7-9;1-3-4-5(2)6;1-4(2)3;1-3(2)4;2*1-2-3;;;/h3-7,11H,2H2,1H3;4-7H,3H2,1-2H3;3-4H2,1-2H3;4H,1-3H3;3-4H,1-2H3;2*3H,2H2,1H3;3*1H4. The topological polar surface area (TPSA) is 73.3 Å². The lowest BCUT2D eigenvalue weighted by Crippen LogP contribution is -1.85. The van der Waals surface area contributed by atoms with Gasteiger partial charge in [-0.15, -0.1) is 0 Å². The van der Waals surface area contributed by atoms with Gasteiger partial charge in [0, 0.05) is 36.2 Å². The Kier molecular flexibility index (Phi) is 55.4. The zero-order chi connectivity index (χ0) is 31.9. The molecule has 0 bridgehead atoms. The molecule has 0 spiro atoms. The van der Waals surface area contributed by atoms with Gasteiger partial charge >= 0.3 is 0 Å². The molecule has 0 radical (unpaired) electrons. The molecule has 256 valence electrons. The van der Waals surface area contributed by atoms with Crippen LogP contribution >= 0.6 is 12.6 Å². The molecule has 2 aromatic carbocycles. The lowest BCUT2D eigenvalue weighted by Gasteiger charge is -1.94. The second-order valence-electron chi connectivity index (χ2n) is 9.96. The quantitative estimate of drug-likeness (QED) is 0.218. The molecule has 3 aromatic rings. The summed E-state index contributed by atoms with van der Waals surface area (Å²) in [4.78, 5) is 13.3. The molecule has 0 aliphatic heterocycles. The number of para-hydroxylation sites is 1. The van der Waals surface area contributed by atoms with Crippen molar-refractivity contribution in [3.63, 3.8) is 0 Å². The number of Topliss-reactive ketones (excluding diaryl/α,β-unsaturated/α-hetero) is 1. The first-order chi connectivity index (χ1) is 18.8. The Balaban J connectivity index is -0.0000000741. The summed E-state index contributed by atoms with van der Waals surface area (Å²) in [6, 6.07) is 17.1. The van der Waals surface area contributed by atoms with Crippen LogP contribution < -0.4 is 0 Å². The van der Waals surface area contributed by atoms with Crippen LogP contribution in [0.15, 0.2) is 54.7 Å². The summed E-state index contributed by atoms with van der Waals surface area (Å²) in [7, 11) is 0. The van der Waals surface area contributed by atoms with Crippen molar-refractivity contribution in [3.8, 4) is 0 Å². The third kappa shape index (κ3) is 47.1. The first-order valence-electron chi connectivity index (χ1n) is 14.8. The zero-order valence-corrected chi connectivity index (χ0v) is 28.7. The zero-order valence-electron chi connectivity index (χ0n) is 27.8. The number of carbonyl (C=O) groups excluding carboxylic acids is 1. The van der Waals surface area contributed by atoms with E-state index in [2.05, 4.69) is 114 Å². The number of H-pyrrole nitrogens is 1. The van der Waals surface area contributed by atoms with E-state index in [-0.39, 0.29) is 40.8 Å². The van der Waals surface area contributed by atoms with E-state index in [0.717, 1.165) is 37.4 Å². The van der Waals surface area contributed by atoms with Crippen LogP contribution in [0.4, 0.5) is 0 Å². The Hall–Kier alpha value is -2.08. The van der Waals surface area contributed by atoms with Crippen LogP contribution in [0.1, 0.15) is 128 Å². The Morgan fingerprint density at radius 3 is 1.53 bits per heavy atom. The summed E-state index contributed by atoms with van der Waals surface area (Å²) in [5.74, 6) is 2.07. The van der Waals surface area contributed by atoms with Gasteiger partial charge in [0.25, 0.3) is 0 Å². The molecule has 0 saturated heterocycles. The number of aliphatic hydroxyl groups excluding tert-OH is 2. The summed E-state index contributed by atoms with van der Waals surface area (Å²) < 4.78 is 0. The molecule has 43 heavy (non-hydrogen) atoms. The van der Waals surface area contributed by atoms with Gasteiger partial charge in [-0.25, -0.2) is 0 Å². The van der Waals surface area contributed by atoms with E-state index >= 15 is 0 Å². The second-order valence-corrected chi connectivity index (χ2v) is 10.6. The molecule has 5 heteroatoms. The molecule has 0 amide bonds. The highest BCUT2D eigenvalue weighted by Crippen LogP contribution is 2.17. The van der Waals surface area contributed by atoms with Gasteiger partial charge in [0.15, 0.2) is 0 Å². The number of fused-ring (bicyclic) bond motifs is 1. The molecule has 3 rings (SSSR count). The van der Waals surface area contributed by atoms with Crippen molar-refractivity contribution < 1.29 is 15.0 Å². The number of aliphatic hydroxyl groups is 2. The summed E-state index contributed by atoms with van der Waals surface area (Å²) in [5, 5.41) is 17.0. The minimum absolute atomic E-state index is 0. The number of aromatic amines is 1. The molecule has 3 N–H and O–H groups in total. The van der Waals surface area contributed by atoms with Crippen LogP contribution in [0.2, 0.25) is 0 Å². The first-order valence-corrected chi connectivity index (χ1v) is 15.4. The van der Waals surface area contributed by atoms with Crippen LogP contribution in [-0.4, -0.2) is 39.4 Å². The average molecular weight is 626 g/mol. The number of aryl methyl sites for hydroxylation is 3. The van der Waals surface area contributed by atoms with Crippen molar-refractivity contribution in [1.29, 1.82) is 0 Å². The van der Waals surface area contributed by atoms with Gasteiger partial charge in [-0.2, -0.15) is 12.6 Å². The summed E-state index contributed by atoms with van der Waals surface area (Å²) in [5.41, 5.74) is 5.40. The molecule has 0 aliphatic rings. The number of aromatic nitrogens is 1. The Morgan fingerprint density at radius 2 is 1.23 bits per heavy atom. The number of carbonyl (C=O) groups is 1. The van der Waals surface area contributed by atoms with Gasteiger partial charge < -0.3 is 20.0 Å². The minimum Gasteiger partial charge on any atom is -0.397 e. The number of thiol groups is 1. The minimum atomic E-state index is -0.167.